The van der Waals surface area contributed by atoms with Gasteiger partial charge in [-0.15, -0.1) is 0 Å². The molecular weight excluding hydrogens is 280 g/mol. The largest absolute Gasteiger partial charge is 0.303 e. The van der Waals surface area contributed by atoms with Gasteiger partial charge in [-0.2, -0.15) is 0 Å². The molecule has 2 amide bonds. The van der Waals surface area contributed by atoms with Gasteiger partial charge in [0.25, 0.3) is 0 Å². The molecule has 1 aliphatic rings. The topological polar surface area (TPSA) is 63.2 Å². The maximum absolute atomic E-state index is 14.1. The maximum atomic E-state index is 14.1. The minimum absolute atomic E-state index is 0.0658. The summed E-state index contributed by atoms with van der Waals surface area (Å²) in [5, 5.41) is 2.09. The lowest BCUT2D eigenvalue weighted by Gasteiger charge is -2.22. The Bertz CT molecular complexity index is 563. The molecule has 112 valence electrons. The average Bonchev–Trinajstić information content (AvgIpc) is 2.41. The fourth-order valence-corrected chi connectivity index (χ4v) is 2.47. The Morgan fingerprint density at radius 2 is 1.90 bits per heavy atom. The lowest BCUT2D eigenvalue weighted by Crippen LogP contribution is -2.40. The van der Waals surface area contributed by atoms with Gasteiger partial charge in [0.2, 0.25) is 11.8 Å². The van der Waals surface area contributed by atoms with Gasteiger partial charge in [0.1, 0.15) is 17.9 Å². The molecule has 1 aromatic carbocycles. The molecule has 1 saturated heterocycles. The van der Waals surface area contributed by atoms with Crippen molar-refractivity contribution in [2.45, 2.75) is 38.0 Å². The molecule has 1 unspecified atom stereocenters. The Hall–Kier alpha value is -2.11. The van der Waals surface area contributed by atoms with Gasteiger partial charge in [-0.25, -0.2) is 8.78 Å². The second-order valence-electron chi connectivity index (χ2n) is 5.04. The van der Waals surface area contributed by atoms with Gasteiger partial charge in [-0.1, -0.05) is 0 Å². The highest BCUT2D eigenvalue weighted by Crippen LogP contribution is 2.30. The highest BCUT2D eigenvalue weighted by molar-refractivity contribution is 6.00. The van der Waals surface area contributed by atoms with Crippen molar-refractivity contribution >= 4 is 18.1 Å². The van der Waals surface area contributed by atoms with E-state index in [9.17, 15) is 23.2 Å². The van der Waals surface area contributed by atoms with Crippen LogP contribution in [-0.2, 0) is 20.8 Å². The predicted octanol–water partition coefficient (Wildman–Crippen LogP) is 2.01. The number of aldehydes is 1. The fourth-order valence-electron chi connectivity index (χ4n) is 2.47. The van der Waals surface area contributed by atoms with Gasteiger partial charge >= 0.3 is 0 Å². The van der Waals surface area contributed by atoms with Crippen LogP contribution in [0.15, 0.2) is 12.1 Å². The van der Waals surface area contributed by atoms with Gasteiger partial charge in [0.15, 0.2) is 0 Å². The Labute approximate surface area is 120 Å². The lowest BCUT2D eigenvalue weighted by molar-refractivity contribution is -0.134. The number of benzene rings is 1. The van der Waals surface area contributed by atoms with Crippen molar-refractivity contribution in [2.75, 3.05) is 0 Å². The summed E-state index contributed by atoms with van der Waals surface area (Å²) >= 11 is 0. The van der Waals surface area contributed by atoms with E-state index in [1.807, 2.05) is 0 Å². The summed E-state index contributed by atoms with van der Waals surface area (Å²) in [5.74, 6) is -3.65. The third-order valence-corrected chi connectivity index (χ3v) is 3.51. The van der Waals surface area contributed by atoms with E-state index < -0.39 is 29.4 Å². The molecular formula is C15H15F2NO3. The van der Waals surface area contributed by atoms with Crippen LogP contribution >= 0.6 is 0 Å². The lowest BCUT2D eigenvalue weighted by atomic mass is 9.88. The molecule has 1 atom stereocenters. The van der Waals surface area contributed by atoms with Gasteiger partial charge in [-0.3, -0.25) is 14.9 Å². The second-order valence-corrected chi connectivity index (χ2v) is 5.04. The van der Waals surface area contributed by atoms with Crippen molar-refractivity contribution in [3.05, 3.63) is 34.9 Å². The number of rotatable bonds is 5. The van der Waals surface area contributed by atoms with Gasteiger partial charge in [-0.05, 0) is 37.0 Å². The molecule has 0 aliphatic carbocycles. The monoisotopic (exact) mass is 295 g/mol. The quantitative estimate of drug-likeness (QED) is 0.513. The SMILES string of the molecule is O=CCCCc1cc(F)c(C2CCC(=O)NC2=O)c(F)c1. The van der Waals surface area contributed by atoms with Crippen molar-refractivity contribution in [3.63, 3.8) is 0 Å². The smallest absolute Gasteiger partial charge is 0.234 e. The molecule has 1 fully saturated rings. The number of imide groups is 1. The summed E-state index contributed by atoms with van der Waals surface area (Å²) in [6.07, 6.45) is 2.16. The summed E-state index contributed by atoms with van der Waals surface area (Å²) in [6, 6.07) is 2.37. The molecule has 2 rings (SSSR count). The highest BCUT2D eigenvalue weighted by atomic mass is 19.1. The van der Waals surface area contributed by atoms with Crippen LogP contribution in [0.3, 0.4) is 0 Å². The van der Waals surface area contributed by atoms with Crippen LogP contribution in [0.25, 0.3) is 0 Å². The van der Waals surface area contributed by atoms with Crippen LogP contribution in [0, 0.1) is 11.6 Å². The number of aryl methyl sites for hydroxylation is 1. The van der Waals surface area contributed by atoms with Crippen LogP contribution in [0.4, 0.5) is 8.78 Å². The summed E-state index contributed by atoms with van der Waals surface area (Å²) in [5.41, 5.74) is 0.155. The maximum Gasteiger partial charge on any atom is 0.234 e. The van der Waals surface area contributed by atoms with Gasteiger partial charge < -0.3 is 4.79 Å². The van der Waals surface area contributed by atoms with Gasteiger partial charge in [0, 0.05) is 18.4 Å². The molecule has 0 aromatic heterocycles. The van der Waals surface area contributed by atoms with Crippen LogP contribution in [0.5, 0.6) is 0 Å². The summed E-state index contributed by atoms with van der Waals surface area (Å²) < 4.78 is 28.2. The predicted molar refractivity (Wildman–Crippen MR) is 70.5 cm³/mol. The number of nitrogens with one attached hydrogen (secondary N) is 1. The Morgan fingerprint density at radius 3 is 2.48 bits per heavy atom. The summed E-state index contributed by atoms with van der Waals surface area (Å²) in [4.78, 5) is 33.0. The molecule has 1 N–H and O–H groups in total. The first-order chi connectivity index (χ1) is 10.0. The van der Waals surface area contributed by atoms with Crippen LogP contribution in [-0.4, -0.2) is 18.1 Å². The molecule has 1 aromatic rings. The molecule has 0 spiro atoms. The second kappa shape index (κ2) is 6.56. The number of piperidine rings is 1. The zero-order valence-electron chi connectivity index (χ0n) is 11.3. The van der Waals surface area contributed by atoms with E-state index in [4.69, 9.17) is 0 Å². The van der Waals surface area contributed by atoms with E-state index >= 15 is 0 Å². The molecule has 1 heterocycles. The first kappa shape index (κ1) is 15.3. The zero-order chi connectivity index (χ0) is 15.4. The number of hydrogen-bond acceptors (Lipinski definition) is 3. The Balaban J connectivity index is 2.22. The Kier molecular flexibility index (Phi) is 4.77. The number of unbranched alkanes of at least 4 members (excludes halogenated alkanes) is 1. The first-order valence-electron chi connectivity index (χ1n) is 6.78. The van der Waals surface area contributed by atoms with E-state index in [1.54, 1.807) is 0 Å². The Morgan fingerprint density at radius 1 is 1.24 bits per heavy atom. The van der Waals surface area contributed by atoms with E-state index in [1.165, 1.54) is 12.1 Å². The number of carbonyl (C=O) groups is 3. The number of amides is 2. The first-order valence-corrected chi connectivity index (χ1v) is 6.78. The highest BCUT2D eigenvalue weighted by Gasteiger charge is 2.32. The van der Waals surface area contributed by atoms with Crippen molar-refractivity contribution in [1.29, 1.82) is 0 Å². The van der Waals surface area contributed by atoms with Gasteiger partial charge in [0.05, 0.1) is 5.92 Å². The standard InChI is InChI=1S/C15H15F2NO3/c16-11-7-9(3-1-2-6-19)8-12(17)14(11)10-4-5-13(20)18-15(10)21/h6-8,10H,1-5H2,(H,18,20,21). The minimum atomic E-state index is -0.980. The van der Waals surface area contributed by atoms with Crippen LogP contribution in [0.1, 0.15) is 42.7 Å². The zero-order valence-corrected chi connectivity index (χ0v) is 11.3. The van der Waals surface area contributed by atoms with Crippen molar-refractivity contribution in [2.24, 2.45) is 0 Å². The molecule has 0 saturated carbocycles. The molecule has 6 heteroatoms. The van der Waals surface area contributed by atoms with Crippen molar-refractivity contribution < 1.29 is 23.2 Å². The van der Waals surface area contributed by atoms with Crippen LogP contribution < -0.4 is 5.32 Å². The van der Waals surface area contributed by atoms with E-state index in [0.29, 0.717) is 24.8 Å². The minimum Gasteiger partial charge on any atom is -0.303 e. The molecule has 0 bridgehead atoms. The number of carbonyl (C=O) groups excluding carboxylic acids is 3. The van der Waals surface area contributed by atoms with Crippen molar-refractivity contribution in [3.8, 4) is 0 Å². The third kappa shape index (κ3) is 3.51. The molecule has 4 nitrogen and oxygen atoms in total. The average molecular weight is 295 g/mol. The van der Waals surface area contributed by atoms with E-state index in [2.05, 4.69) is 5.32 Å². The fraction of sp³-hybridized carbons (Fsp3) is 0.400. The number of hydrogen-bond donors (Lipinski definition) is 1. The van der Waals surface area contributed by atoms with E-state index in [-0.39, 0.29) is 18.4 Å². The van der Waals surface area contributed by atoms with Crippen molar-refractivity contribution in [1.82, 2.24) is 5.32 Å². The molecule has 1 aliphatic heterocycles. The summed E-state index contributed by atoms with van der Waals surface area (Å²) in [7, 11) is 0. The summed E-state index contributed by atoms with van der Waals surface area (Å²) in [6.45, 7) is 0. The number of halogens is 2. The third-order valence-electron chi connectivity index (χ3n) is 3.51. The molecule has 0 radical (unpaired) electrons. The molecule has 21 heavy (non-hydrogen) atoms. The normalized spacial score (nSPS) is 18.5. The van der Waals surface area contributed by atoms with Crippen LogP contribution in [0.2, 0.25) is 0 Å². The van der Waals surface area contributed by atoms with E-state index in [0.717, 1.165) is 6.29 Å².